The largest absolute Gasteiger partial charge is 0.484 e. The predicted molar refractivity (Wildman–Crippen MR) is 134 cm³/mol. The van der Waals surface area contributed by atoms with Crippen LogP contribution in [0.25, 0.3) is 0 Å². The Bertz CT molecular complexity index is 1110. The Morgan fingerprint density at radius 1 is 1.13 bits per heavy atom. The number of nitrogens with zero attached hydrogens (tertiary/aromatic N) is 1. The van der Waals surface area contributed by atoms with Gasteiger partial charge >= 0.3 is 6.18 Å². The SMILES string of the molecule is CN(Cc1ccc(C(F)(F)F)cc1)C(=O)CC(O)CC1(NC(=O)COc2ccc(Cl)c(F)c2)CCCCC1. The van der Waals surface area contributed by atoms with E-state index < -0.39 is 35.1 Å². The van der Waals surface area contributed by atoms with Crippen molar-refractivity contribution < 1.29 is 37.0 Å². The number of carbonyl (C=O) groups excluding carboxylic acids is 2. The molecule has 2 N–H and O–H groups in total. The number of alkyl halides is 3. The lowest BCUT2D eigenvalue weighted by Crippen LogP contribution is -2.53. The molecule has 2 aromatic rings. The average Bonchev–Trinajstić information content (AvgIpc) is 2.84. The lowest BCUT2D eigenvalue weighted by atomic mass is 9.77. The summed E-state index contributed by atoms with van der Waals surface area (Å²) in [7, 11) is 1.52. The molecule has 3 rings (SSSR count). The second-order valence-electron chi connectivity index (χ2n) is 9.76. The first-order valence-corrected chi connectivity index (χ1v) is 12.7. The number of aliphatic hydroxyl groups excluding tert-OH is 1. The molecule has 11 heteroatoms. The number of hydrogen-bond acceptors (Lipinski definition) is 4. The van der Waals surface area contributed by atoms with Crippen molar-refractivity contribution in [1.29, 1.82) is 0 Å². The number of halogens is 5. The third kappa shape index (κ3) is 8.59. The molecule has 1 atom stereocenters. The third-order valence-corrected chi connectivity index (χ3v) is 6.95. The number of ether oxygens (including phenoxy) is 1. The Labute approximate surface area is 223 Å². The van der Waals surface area contributed by atoms with Crippen molar-refractivity contribution in [1.82, 2.24) is 10.2 Å². The van der Waals surface area contributed by atoms with Gasteiger partial charge in [-0.05, 0) is 49.1 Å². The van der Waals surface area contributed by atoms with E-state index >= 15 is 0 Å². The van der Waals surface area contributed by atoms with Gasteiger partial charge in [-0.15, -0.1) is 0 Å². The Morgan fingerprint density at radius 3 is 2.39 bits per heavy atom. The first kappa shape index (κ1) is 29.7. The monoisotopic (exact) mass is 558 g/mol. The number of carbonyl (C=O) groups is 2. The molecule has 0 radical (unpaired) electrons. The average molecular weight is 559 g/mol. The second-order valence-corrected chi connectivity index (χ2v) is 10.2. The molecule has 1 aliphatic carbocycles. The minimum absolute atomic E-state index is 0.0588. The summed E-state index contributed by atoms with van der Waals surface area (Å²) in [5.41, 5.74) is -0.952. The van der Waals surface area contributed by atoms with E-state index in [-0.39, 0.29) is 42.7 Å². The van der Waals surface area contributed by atoms with Crippen LogP contribution in [0.3, 0.4) is 0 Å². The Hall–Kier alpha value is -2.85. The fourth-order valence-corrected chi connectivity index (χ4v) is 4.82. The molecule has 2 aromatic carbocycles. The highest BCUT2D eigenvalue weighted by Gasteiger charge is 2.36. The smallest absolute Gasteiger partial charge is 0.416 e. The van der Waals surface area contributed by atoms with E-state index in [2.05, 4.69) is 5.32 Å². The Morgan fingerprint density at radius 2 is 1.79 bits per heavy atom. The summed E-state index contributed by atoms with van der Waals surface area (Å²) in [4.78, 5) is 26.7. The first-order chi connectivity index (χ1) is 17.9. The maximum absolute atomic E-state index is 13.6. The van der Waals surface area contributed by atoms with Gasteiger partial charge in [0.2, 0.25) is 5.91 Å². The van der Waals surface area contributed by atoms with Gasteiger partial charge in [0.1, 0.15) is 11.6 Å². The molecule has 0 heterocycles. The lowest BCUT2D eigenvalue weighted by molar-refractivity contribution is -0.138. The molecule has 1 fully saturated rings. The molecule has 1 unspecified atom stereocenters. The number of hydrogen-bond donors (Lipinski definition) is 2. The molecule has 0 bridgehead atoms. The van der Waals surface area contributed by atoms with Crippen molar-refractivity contribution in [2.75, 3.05) is 13.7 Å². The van der Waals surface area contributed by atoms with Crippen LogP contribution in [0.15, 0.2) is 42.5 Å². The zero-order valence-corrected chi connectivity index (χ0v) is 21.7. The van der Waals surface area contributed by atoms with Crippen molar-refractivity contribution in [3.05, 3.63) is 64.4 Å². The molecule has 6 nitrogen and oxygen atoms in total. The van der Waals surface area contributed by atoms with E-state index in [4.69, 9.17) is 16.3 Å². The van der Waals surface area contributed by atoms with Gasteiger partial charge in [0.25, 0.3) is 5.91 Å². The quantitative estimate of drug-likeness (QED) is 0.378. The van der Waals surface area contributed by atoms with Crippen molar-refractivity contribution in [2.24, 2.45) is 0 Å². The summed E-state index contributed by atoms with van der Waals surface area (Å²) in [6.07, 6.45) is -1.58. The fraction of sp³-hybridized carbons (Fsp3) is 0.481. The molecule has 0 aliphatic heterocycles. The summed E-state index contributed by atoms with van der Waals surface area (Å²) in [6, 6.07) is 8.42. The molecule has 2 amide bonds. The summed E-state index contributed by atoms with van der Waals surface area (Å²) in [5.74, 6) is -1.31. The maximum Gasteiger partial charge on any atom is 0.416 e. The maximum atomic E-state index is 13.6. The highest BCUT2D eigenvalue weighted by Crippen LogP contribution is 2.33. The predicted octanol–water partition coefficient (Wildman–Crippen LogP) is 5.50. The number of nitrogens with one attached hydrogen (secondary N) is 1. The van der Waals surface area contributed by atoms with Crippen LogP contribution in [0.1, 0.15) is 56.1 Å². The molecule has 38 heavy (non-hydrogen) atoms. The van der Waals surface area contributed by atoms with Crippen LogP contribution in [0.2, 0.25) is 5.02 Å². The summed E-state index contributed by atoms with van der Waals surface area (Å²) < 4.78 is 57.3. The van der Waals surface area contributed by atoms with Gasteiger partial charge in [-0.25, -0.2) is 4.39 Å². The highest BCUT2D eigenvalue weighted by molar-refractivity contribution is 6.30. The van der Waals surface area contributed by atoms with Crippen LogP contribution in [0, 0.1) is 5.82 Å². The van der Waals surface area contributed by atoms with E-state index in [9.17, 15) is 32.3 Å². The zero-order valence-electron chi connectivity index (χ0n) is 21.0. The van der Waals surface area contributed by atoms with E-state index in [0.29, 0.717) is 18.4 Å². The van der Waals surface area contributed by atoms with Gasteiger partial charge in [0, 0.05) is 25.2 Å². The normalized spacial score (nSPS) is 16.0. The van der Waals surface area contributed by atoms with Gasteiger partial charge in [0.15, 0.2) is 6.61 Å². The van der Waals surface area contributed by atoms with Crippen molar-refractivity contribution in [2.45, 2.75) is 69.3 Å². The summed E-state index contributed by atoms with van der Waals surface area (Å²) >= 11 is 5.66. The van der Waals surface area contributed by atoms with Crippen molar-refractivity contribution >= 4 is 23.4 Å². The van der Waals surface area contributed by atoms with Gasteiger partial charge in [-0.2, -0.15) is 13.2 Å². The number of aliphatic hydroxyl groups is 1. The van der Waals surface area contributed by atoms with Crippen LogP contribution >= 0.6 is 11.6 Å². The van der Waals surface area contributed by atoms with Crippen LogP contribution in [-0.4, -0.2) is 47.1 Å². The van der Waals surface area contributed by atoms with Gasteiger partial charge in [0.05, 0.1) is 23.1 Å². The number of rotatable bonds is 10. The first-order valence-electron chi connectivity index (χ1n) is 12.3. The topological polar surface area (TPSA) is 78.9 Å². The van der Waals surface area contributed by atoms with E-state index in [1.165, 1.54) is 36.2 Å². The Kier molecular flexibility index (Phi) is 10.0. The lowest BCUT2D eigenvalue weighted by Gasteiger charge is -2.39. The highest BCUT2D eigenvalue weighted by atomic mass is 35.5. The van der Waals surface area contributed by atoms with Crippen LogP contribution in [0.5, 0.6) is 5.75 Å². The van der Waals surface area contributed by atoms with Crippen LogP contribution in [0.4, 0.5) is 17.6 Å². The minimum Gasteiger partial charge on any atom is -0.484 e. The molecule has 0 spiro atoms. The van der Waals surface area contributed by atoms with E-state index in [1.54, 1.807) is 0 Å². The molecule has 1 saturated carbocycles. The zero-order chi connectivity index (χ0) is 27.9. The minimum atomic E-state index is -4.44. The summed E-state index contributed by atoms with van der Waals surface area (Å²) in [5, 5.41) is 13.6. The third-order valence-electron chi connectivity index (χ3n) is 6.64. The second kappa shape index (κ2) is 12.8. The fourth-order valence-electron chi connectivity index (χ4n) is 4.70. The van der Waals surface area contributed by atoms with Gasteiger partial charge in [-0.1, -0.05) is 43.0 Å². The van der Waals surface area contributed by atoms with Gasteiger partial charge < -0.3 is 20.1 Å². The molecule has 1 aliphatic rings. The van der Waals surface area contributed by atoms with Crippen LogP contribution < -0.4 is 10.1 Å². The molecular weight excluding hydrogens is 528 g/mol. The standard InChI is InChI=1S/C27H31ClF4N2O4/c1-34(16-18-5-7-19(8-6-18)27(30,31)32)25(37)13-20(35)15-26(11-3-2-4-12-26)33-24(36)17-38-21-9-10-22(28)23(29)14-21/h5-10,14,20,35H,2-4,11-13,15-17H2,1H3,(H,33,36). The van der Waals surface area contributed by atoms with E-state index in [1.807, 2.05) is 0 Å². The number of amides is 2. The van der Waals surface area contributed by atoms with E-state index in [0.717, 1.165) is 37.5 Å². The van der Waals surface area contributed by atoms with Crippen LogP contribution in [-0.2, 0) is 22.3 Å². The summed E-state index contributed by atoms with van der Waals surface area (Å²) in [6.45, 7) is -0.262. The molecule has 0 aromatic heterocycles. The molecule has 0 saturated heterocycles. The number of benzene rings is 2. The molecule has 208 valence electrons. The molecular formula is C27H31ClF4N2O4. The van der Waals surface area contributed by atoms with Gasteiger partial charge in [-0.3, -0.25) is 9.59 Å². The van der Waals surface area contributed by atoms with Crippen molar-refractivity contribution in [3.8, 4) is 5.75 Å². The Balaban J connectivity index is 1.54. The van der Waals surface area contributed by atoms with Crippen molar-refractivity contribution in [3.63, 3.8) is 0 Å².